The summed E-state index contributed by atoms with van der Waals surface area (Å²) in [4.78, 5) is 14.0. The molecule has 0 aliphatic carbocycles. The van der Waals surface area contributed by atoms with Crippen LogP contribution < -0.4 is 0 Å². The van der Waals surface area contributed by atoms with E-state index in [0.29, 0.717) is 6.42 Å². The van der Waals surface area contributed by atoms with E-state index in [2.05, 4.69) is 17.0 Å². The Morgan fingerprint density at radius 3 is 2.74 bits per heavy atom. The van der Waals surface area contributed by atoms with Gasteiger partial charge in [0.25, 0.3) is 0 Å². The maximum absolute atomic E-state index is 11.8. The van der Waals surface area contributed by atoms with Crippen molar-refractivity contribution in [1.82, 2.24) is 4.90 Å². The van der Waals surface area contributed by atoms with Crippen molar-refractivity contribution in [3.63, 3.8) is 0 Å². The highest BCUT2D eigenvalue weighted by Gasteiger charge is 2.39. The summed E-state index contributed by atoms with van der Waals surface area (Å²) >= 11 is 0. The van der Waals surface area contributed by atoms with Crippen LogP contribution in [-0.4, -0.2) is 41.8 Å². The minimum Gasteiger partial charge on any atom is -0.469 e. The zero-order valence-electron chi connectivity index (χ0n) is 11.5. The summed E-state index contributed by atoms with van der Waals surface area (Å²) in [5.41, 5.74) is 1.22. The van der Waals surface area contributed by atoms with Gasteiger partial charge in [-0.3, -0.25) is 9.69 Å². The number of hydrogen-bond donors (Lipinski definition) is 1. The average Bonchev–Trinajstić information content (AvgIpc) is 2.43. The molecular formula is C15H21NO3. The number of benzene rings is 1. The first-order valence-corrected chi connectivity index (χ1v) is 6.67. The molecule has 0 bridgehead atoms. The first-order chi connectivity index (χ1) is 9.13. The number of aliphatic hydroxyl groups is 1. The summed E-state index contributed by atoms with van der Waals surface area (Å²) in [6.45, 7) is 3.57. The van der Waals surface area contributed by atoms with Gasteiger partial charge in [-0.2, -0.15) is 0 Å². The predicted molar refractivity (Wildman–Crippen MR) is 72.4 cm³/mol. The number of carbonyl (C=O) groups excluding carboxylic acids is 1. The number of esters is 1. The largest absolute Gasteiger partial charge is 0.469 e. The van der Waals surface area contributed by atoms with Crippen LogP contribution in [0.5, 0.6) is 0 Å². The first kappa shape index (κ1) is 14.0. The molecule has 1 fully saturated rings. The number of carbonyl (C=O) groups is 1. The molecule has 0 unspecified atom stereocenters. The van der Waals surface area contributed by atoms with Crippen LogP contribution in [0, 0.1) is 5.92 Å². The number of ether oxygens (including phenoxy) is 1. The molecule has 0 amide bonds. The lowest BCUT2D eigenvalue weighted by Gasteiger charge is -2.40. The molecule has 19 heavy (non-hydrogen) atoms. The van der Waals surface area contributed by atoms with Gasteiger partial charge >= 0.3 is 5.97 Å². The molecule has 1 aliphatic rings. The summed E-state index contributed by atoms with van der Waals surface area (Å²) in [5, 5.41) is 10.00. The number of piperidine rings is 1. The second kappa shape index (κ2) is 6.17. The van der Waals surface area contributed by atoms with Crippen molar-refractivity contribution in [2.75, 3.05) is 13.7 Å². The summed E-state index contributed by atoms with van der Waals surface area (Å²) in [5.74, 6) is -0.778. The van der Waals surface area contributed by atoms with Gasteiger partial charge in [-0.25, -0.2) is 0 Å². The highest BCUT2D eigenvalue weighted by atomic mass is 16.5. The van der Waals surface area contributed by atoms with Gasteiger partial charge in [0.05, 0.1) is 19.1 Å². The zero-order valence-corrected chi connectivity index (χ0v) is 11.5. The Morgan fingerprint density at radius 1 is 1.42 bits per heavy atom. The third-order valence-electron chi connectivity index (χ3n) is 3.92. The monoisotopic (exact) mass is 263 g/mol. The molecule has 104 valence electrons. The third-order valence-corrected chi connectivity index (χ3v) is 3.92. The lowest BCUT2D eigenvalue weighted by Crippen LogP contribution is -2.52. The Hall–Kier alpha value is -1.39. The van der Waals surface area contributed by atoms with Gasteiger partial charge in [0.15, 0.2) is 0 Å². The molecule has 1 aromatic carbocycles. The van der Waals surface area contributed by atoms with E-state index in [1.54, 1.807) is 0 Å². The second-order valence-corrected chi connectivity index (χ2v) is 5.10. The standard InChI is InChI=1S/C15H21NO3/c1-11-14(15(18)19-2)13(17)8-9-16(11)10-12-6-4-3-5-7-12/h3-7,11,13-14,17H,8-10H2,1-2H3/t11-,13+,14-/m1/s1. The van der Waals surface area contributed by atoms with Crippen LogP contribution in [0.4, 0.5) is 0 Å². The van der Waals surface area contributed by atoms with Gasteiger partial charge in [0.1, 0.15) is 0 Å². The molecule has 0 spiro atoms. The Balaban J connectivity index is 2.08. The molecule has 1 aromatic rings. The van der Waals surface area contributed by atoms with Crippen LogP contribution >= 0.6 is 0 Å². The van der Waals surface area contributed by atoms with Crippen molar-refractivity contribution in [2.45, 2.75) is 32.0 Å². The fourth-order valence-corrected chi connectivity index (χ4v) is 2.76. The molecule has 1 saturated heterocycles. The predicted octanol–water partition coefficient (Wildman–Crippen LogP) is 1.43. The molecular weight excluding hydrogens is 242 g/mol. The van der Waals surface area contributed by atoms with Crippen LogP contribution in [0.15, 0.2) is 30.3 Å². The van der Waals surface area contributed by atoms with Crippen molar-refractivity contribution >= 4 is 5.97 Å². The molecule has 1 aliphatic heterocycles. The Labute approximate surface area is 114 Å². The molecule has 2 rings (SSSR count). The minimum absolute atomic E-state index is 0.0172. The van der Waals surface area contributed by atoms with Crippen LogP contribution in [0.3, 0.4) is 0 Å². The van der Waals surface area contributed by atoms with E-state index in [1.807, 2.05) is 25.1 Å². The maximum Gasteiger partial charge on any atom is 0.312 e. The smallest absolute Gasteiger partial charge is 0.312 e. The van der Waals surface area contributed by atoms with Gasteiger partial charge in [-0.15, -0.1) is 0 Å². The lowest BCUT2D eigenvalue weighted by molar-refractivity contribution is -0.156. The van der Waals surface area contributed by atoms with Crippen LogP contribution in [0.2, 0.25) is 0 Å². The molecule has 4 heteroatoms. The minimum atomic E-state index is -0.602. The number of likely N-dealkylation sites (tertiary alicyclic amines) is 1. The third kappa shape index (κ3) is 3.14. The van der Waals surface area contributed by atoms with Gasteiger partial charge in [-0.05, 0) is 18.9 Å². The van der Waals surface area contributed by atoms with Crippen molar-refractivity contribution in [2.24, 2.45) is 5.92 Å². The average molecular weight is 263 g/mol. The van der Waals surface area contributed by atoms with E-state index in [0.717, 1.165) is 13.1 Å². The van der Waals surface area contributed by atoms with Crippen molar-refractivity contribution in [1.29, 1.82) is 0 Å². The van der Waals surface area contributed by atoms with E-state index >= 15 is 0 Å². The number of hydrogen-bond acceptors (Lipinski definition) is 4. The molecule has 0 aromatic heterocycles. The molecule has 4 nitrogen and oxygen atoms in total. The Bertz CT molecular complexity index is 421. The SMILES string of the molecule is COC(=O)[C@@H]1[C@@H](C)N(Cc2ccccc2)CC[C@@H]1O. The molecule has 1 N–H and O–H groups in total. The maximum atomic E-state index is 11.8. The van der Waals surface area contributed by atoms with Crippen LogP contribution in [0.1, 0.15) is 18.9 Å². The van der Waals surface area contributed by atoms with Crippen LogP contribution in [0.25, 0.3) is 0 Å². The van der Waals surface area contributed by atoms with Crippen molar-refractivity contribution in [3.8, 4) is 0 Å². The zero-order chi connectivity index (χ0) is 13.8. The van der Waals surface area contributed by atoms with E-state index in [1.165, 1.54) is 12.7 Å². The van der Waals surface area contributed by atoms with E-state index < -0.39 is 12.0 Å². The van der Waals surface area contributed by atoms with Gasteiger partial charge in [0, 0.05) is 19.1 Å². The normalized spacial score (nSPS) is 28.1. The van der Waals surface area contributed by atoms with E-state index in [-0.39, 0.29) is 12.0 Å². The lowest BCUT2D eigenvalue weighted by atomic mass is 9.87. The fourth-order valence-electron chi connectivity index (χ4n) is 2.76. The fraction of sp³-hybridized carbons (Fsp3) is 0.533. The second-order valence-electron chi connectivity index (χ2n) is 5.10. The first-order valence-electron chi connectivity index (χ1n) is 6.67. The van der Waals surface area contributed by atoms with Gasteiger partial charge in [-0.1, -0.05) is 30.3 Å². The van der Waals surface area contributed by atoms with E-state index in [9.17, 15) is 9.90 Å². The number of methoxy groups -OCH3 is 1. The number of aliphatic hydroxyl groups excluding tert-OH is 1. The molecule has 1 heterocycles. The molecule has 0 radical (unpaired) electrons. The number of nitrogens with zero attached hydrogens (tertiary/aromatic N) is 1. The molecule has 3 atom stereocenters. The Morgan fingerprint density at radius 2 is 2.11 bits per heavy atom. The quantitative estimate of drug-likeness (QED) is 0.838. The van der Waals surface area contributed by atoms with Crippen LogP contribution in [-0.2, 0) is 16.1 Å². The highest BCUT2D eigenvalue weighted by molar-refractivity contribution is 5.74. The van der Waals surface area contributed by atoms with Gasteiger partial charge < -0.3 is 9.84 Å². The molecule has 0 saturated carbocycles. The summed E-state index contributed by atoms with van der Waals surface area (Å²) in [7, 11) is 1.37. The highest BCUT2D eigenvalue weighted by Crippen LogP contribution is 2.26. The summed E-state index contributed by atoms with van der Waals surface area (Å²) in [6.07, 6.45) is 0.00574. The van der Waals surface area contributed by atoms with Crippen molar-refractivity contribution < 1.29 is 14.6 Å². The topological polar surface area (TPSA) is 49.8 Å². The number of rotatable bonds is 3. The Kier molecular flexibility index (Phi) is 4.56. The van der Waals surface area contributed by atoms with Crippen molar-refractivity contribution in [3.05, 3.63) is 35.9 Å². The summed E-state index contributed by atoms with van der Waals surface area (Å²) < 4.78 is 4.80. The van der Waals surface area contributed by atoms with Gasteiger partial charge in [0.2, 0.25) is 0 Å². The summed E-state index contributed by atoms with van der Waals surface area (Å²) in [6, 6.07) is 10.1. The van der Waals surface area contributed by atoms with E-state index in [4.69, 9.17) is 4.74 Å².